The van der Waals surface area contributed by atoms with E-state index in [0.29, 0.717) is 17.7 Å². The van der Waals surface area contributed by atoms with E-state index in [2.05, 4.69) is 0 Å². The van der Waals surface area contributed by atoms with Crippen molar-refractivity contribution in [2.24, 2.45) is 0 Å². The summed E-state index contributed by atoms with van der Waals surface area (Å²) in [6.07, 6.45) is -0.292. The number of benzene rings is 1. The number of carbonyl (C=O) groups is 2. The molecule has 0 unspecified atom stereocenters. The van der Waals surface area contributed by atoms with Crippen LogP contribution in [0.4, 0.5) is 0 Å². The maximum Gasteiger partial charge on any atom is 0.338 e. The quantitative estimate of drug-likeness (QED) is 0.580. The van der Waals surface area contributed by atoms with Gasteiger partial charge < -0.3 is 9.47 Å². The molecule has 0 bridgehead atoms. The molecule has 4 nitrogen and oxygen atoms in total. The second kappa shape index (κ2) is 6.15. The second-order valence-electron chi connectivity index (χ2n) is 3.80. The van der Waals surface area contributed by atoms with Crippen molar-refractivity contribution in [2.75, 3.05) is 13.7 Å². The number of esters is 1. The molecule has 0 N–H and O–H groups in total. The SMILES string of the molecule is COC[C@@H](C)OC(=O)c1ccc(C(C)=O)cc1. The lowest BCUT2D eigenvalue weighted by atomic mass is 10.1. The van der Waals surface area contributed by atoms with E-state index in [-0.39, 0.29) is 11.9 Å². The van der Waals surface area contributed by atoms with Crippen LogP contribution in [-0.2, 0) is 9.47 Å². The molecule has 0 amide bonds. The highest BCUT2D eigenvalue weighted by atomic mass is 16.6. The molecular formula is C13H16O4. The van der Waals surface area contributed by atoms with E-state index in [0.717, 1.165) is 0 Å². The zero-order valence-corrected chi connectivity index (χ0v) is 10.2. The van der Waals surface area contributed by atoms with Crippen molar-refractivity contribution >= 4 is 11.8 Å². The monoisotopic (exact) mass is 236 g/mol. The van der Waals surface area contributed by atoms with E-state index in [1.54, 1.807) is 38.3 Å². The van der Waals surface area contributed by atoms with Gasteiger partial charge in [0.25, 0.3) is 0 Å². The molecule has 1 aromatic carbocycles. The molecule has 0 aliphatic rings. The first-order valence-corrected chi connectivity index (χ1v) is 5.35. The van der Waals surface area contributed by atoms with E-state index in [4.69, 9.17) is 9.47 Å². The van der Waals surface area contributed by atoms with Crippen LogP contribution < -0.4 is 0 Å². The minimum Gasteiger partial charge on any atom is -0.457 e. The maximum absolute atomic E-state index is 11.6. The zero-order valence-electron chi connectivity index (χ0n) is 10.2. The van der Waals surface area contributed by atoms with Crippen LogP contribution in [0.2, 0.25) is 0 Å². The highest BCUT2D eigenvalue weighted by Crippen LogP contribution is 2.08. The van der Waals surface area contributed by atoms with Gasteiger partial charge >= 0.3 is 5.97 Å². The topological polar surface area (TPSA) is 52.6 Å². The normalized spacial score (nSPS) is 11.9. The lowest BCUT2D eigenvalue weighted by Crippen LogP contribution is -2.19. The number of hydrogen-bond donors (Lipinski definition) is 0. The Morgan fingerprint density at radius 1 is 1.18 bits per heavy atom. The Bertz CT molecular complexity index is 394. The smallest absolute Gasteiger partial charge is 0.338 e. The fourth-order valence-corrected chi connectivity index (χ4v) is 1.36. The van der Waals surface area contributed by atoms with Crippen molar-refractivity contribution in [3.63, 3.8) is 0 Å². The summed E-state index contributed by atoms with van der Waals surface area (Å²) >= 11 is 0. The molecule has 1 aromatic rings. The van der Waals surface area contributed by atoms with Crippen molar-refractivity contribution in [1.82, 2.24) is 0 Å². The van der Waals surface area contributed by atoms with Gasteiger partial charge in [-0.2, -0.15) is 0 Å². The average Bonchev–Trinajstić information content (AvgIpc) is 2.29. The fraction of sp³-hybridized carbons (Fsp3) is 0.385. The van der Waals surface area contributed by atoms with Crippen molar-refractivity contribution in [1.29, 1.82) is 0 Å². The Morgan fingerprint density at radius 2 is 1.71 bits per heavy atom. The summed E-state index contributed by atoms with van der Waals surface area (Å²) in [4.78, 5) is 22.7. The van der Waals surface area contributed by atoms with Gasteiger partial charge in [-0.05, 0) is 26.0 Å². The van der Waals surface area contributed by atoms with Crippen LogP contribution in [0, 0.1) is 0 Å². The molecular weight excluding hydrogens is 220 g/mol. The standard InChI is InChI=1S/C13H16O4/c1-9(8-16-3)17-13(15)12-6-4-11(5-7-12)10(2)14/h4-7,9H,8H2,1-3H3/t9-/m1/s1. The minimum absolute atomic E-state index is 0.0299. The predicted octanol–water partition coefficient (Wildman–Crippen LogP) is 2.08. The van der Waals surface area contributed by atoms with Crippen LogP contribution in [0.5, 0.6) is 0 Å². The van der Waals surface area contributed by atoms with E-state index in [1.807, 2.05) is 0 Å². The predicted molar refractivity (Wildman–Crippen MR) is 63.2 cm³/mol. The molecule has 0 saturated heterocycles. The highest BCUT2D eigenvalue weighted by Gasteiger charge is 2.12. The number of carbonyl (C=O) groups excluding carboxylic acids is 2. The first-order chi connectivity index (χ1) is 8.04. The van der Waals surface area contributed by atoms with Crippen LogP contribution in [-0.4, -0.2) is 31.6 Å². The Balaban J connectivity index is 2.66. The molecule has 0 aliphatic carbocycles. The molecule has 92 valence electrons. The van der Waals surface area contributed by atoms with Crippen LogP contribution in [0.25, 0.3) is 0 Å². The molecule has 0 spiro atoms. The van der Waals surface area contributed by atoms with Crippen LogP contribution in [0.15, 0.2) is 24.3 Å². The number of hydrogen-bond acceptors (Lipinski definition) is 4. The highest BCUT2D eigenvalue weighted by molar-refractivity contribution is 5.96. The Hall–Kier alpha value is -1.68. The fourth-order valence-electron chi connectivity index (χ4n) is 1.36. The molecule has 0 saturated carbocycles. The third-order valence-corrected chi connectivity index (χ3v) is 2.24. The van der Waals surface area contributed by atoms with Crippen molar-refractivity contribution in [3.8, 4) is 0 Å². The Labute approximate surface area is 101 Å². The zero-order chi connectivity index (χ0) is 12.8. The third kappa shape index (κ3) is 4.00. The molecule has 0 aliphatic heterocycles. The van der Waals surface area contributed by atoms with Gasteiger partial charge in [-0.3, -0.25) is 4.79 Å². The molecule has 1 rings (SSSR count). The summed E-state index contributed by atoms with van der Waals surface area (Å²) < 4.78 is 10.00. The molecule has 4 heteroatoms. The molecule has 0 heterocycles. The Kier molecular flexibility index (Phi) is 4.84. The van der Waals surface area contributed by atoms with Gasteiger partial charge in [0.1, 0.15) is 6.10 Å². The summed E-state index contributed by atoms with van der Waals surface area (Å²) in [5, 5.41) is 0. The maximum atomic E-state index is 11.6. The van der Waals surface area contributed by atoms with E-state index < -0.39 is 5.97 Å². The van der Waals surface area contributed by atoms with Gasteiger partial charge in [-0.1, -0.05) is 12.1 Å². The van der Waals surface area contributed by atoms with Gasteiger partial charge in [0.15, 0.2) is 5.78 Å². The summed E-state index contributed by atoms with van der Waals surface area (Å²) in [5.74, 6) is -0.442. The number of rotatable bonds is 5. The third-order valence-electron chi connectivity index (χ3n) is 2.24. The van der Waals surface area contributed by atoms with Crippen molar-refractivity contribution in [3.05, 3.63) is 35.4 Å². The summed E-state index contributed by atoms with van der Waals surface area (Å²) in [6.45, 7) is 3.59. The second-order valence-corrected chi connectivity index (χ2v) is 3.80. The van der Waals surface area contributed by atoms with Crippen molar-refractivity contribution < 1.29 is 19.1 Å². The number of ketones is 1. The molecule has 1 atom stereocenters. The number of Topliss-reactive ketones (excluding diaryl/α,β-unsaturated/α-hetero) is 1. The first-order valence-electron chi connectivity index (χ1n) is 5.35. The summed E-state index contributed by atoms with van der Waals surface area (Å²) in [7, 11) is 1.55. The van der Waals surface area contributed by atoms with E-state index in [9.17, 15) is 9.59 Å². The first kappa shape index (κ1) is 13.4. The number of methoxy groups -OCH3 is 1. The van der Waals surface area contributed by atoms with Gasteiger partial charge in [-0.25, -0.2) is 4.79 Å². The average molecular weight is 236 g/mol. The molecule has 17 heavy (non-hydrogen) atoms. The number of ether oxygens (including phenoxy) is 2. The van der Waals surface area contributed by atoms with Crippen molar-refractivity contribution in [2.45, 2.75) is 20.0 Å². The summed E-state index contributed by atoms with van der Waals surface area (Å²) in [6, 6.07) is 6.39. The lowest BCUT2D eigenvalue weighted by molar-refractivity contribution is 0.0120. The molecule has 0 aromatic heterocycles. The summed E-state index contributed by atoms with van der Waals surface area (Å²) in [5.41, 5.74) is 1.00. The van der Waals surface area contributed by atoms with Crippen LogP contribution >= 0.6 is 0 Å². The van der Waals surface area contributed by atoms with Gasteiger partial charge in [0, 0.05) is 12.7 Å². The van der Waals surface area contributed by atoms with Crippen LogP contribution in [0.1, 0.15) is 34.6 Å². The van der Waals surface area contributed by atoms with Crippen LogP contribution in [0.3, 0.4) is 0 Å². The largest absolute Gasteiger partial charge is 0.457 e. The molecule has 0 radical (unpaired) electrons. The Morgan fingerprint density at radius 3 is 2.18 bits per heavy atom. The molecule has 0 fully saturated rings. The van der Waals surface area contributed by atoms with Gasteiger partial charge in [-0.15, -0.1) is 0 Å². The lowest BCUT2D eigenvalue weighted by Gasteiger charge is -2.12. The van der Waals surface area contributed by atoms with E-state index in [1.165, 1.54) is 6.92 Å². The van der Waals surface area contributed by atoms with Gasteiger partial charge in [0.2, 0.25) is 0 Å². The minimum atomic E-state index is -0.412. The van der Waals surface area contributed by atoms with Gasteiger partial charge in [0.05, 0.1) is 12.2 Å². The van der Waals surface area contributed by atoms with E-state index >= 15 is 0 Å².